The third kappa shape index (κ3) is 4.54. The monoisotopic (exact) mass is 410 g/mol. The van der Waals surface area contributed by atoms with E-state index in [1.165, 1.54) is 34.6 Å². The van der Waals surface area contributed by atoms with Gasteiger partial charge in [-0.1, -0.05) is 6.07 Å². The molecule has 1 atom stereocenters. The minimum atomic E-state index is -3.69. The largest absolute Gasteiger partial charge is 0.323 e. The maximum absolute atomic E-state index is 13.3. The van der Waals surface area contributed by atoms with Crippen LogP contribution in [-0.4, -0.2) is 50.9 Å². The van der Waals surface area contributed by atoms with E-state index in [9.17, 15) is 22.0 Å². The van der Waals surface area contributed by atoms with Crippen LogP contribution >= 0.6 is 0 Å². The fourth-order valence-corrected chi connectivity index (χ4v) is 4.65. The van der Waals surface area contributed by atoms with Gasteiger partial charge in [-0.15, -0.1) is 0 Å². The average Bonchev–Trinajstić information content (AvgIpc) is 2.68. The standard InChI is InChI=1S/C19H21F2N3O3S/c1-14(19(25)22-17-4-2-3-16(21)13-17)23-9-11-24(12-10-23)28(26,27)18-7-5-15(20)6-8-18/h2-8,13-14H,9-12H2,1H3,(H,22,25)/p+1/t14-/m0/s1. The number of hydrogen-bond donors (Lipinski definition) is 2. The number of carbonyl (C=O) groups excluding carboxylic acids is 1. The zero-order valence-electron chi connectivity index (χ0n) is 15.4. The van der Waals surface area contributed by atoms with Crippen molar-refractivity contribution in [1.82, 2.24) is 4.31 Å². The van der Waals surface area contributed by atoms with Gasteiger partial charge in [-0.3, -0.25) is 4.79 Å². The van der Waals surface area contributed by atoms with Gasteiger partial charge in [-0.05, 0) is 49.4 Å². The number of nitrogens with one attached hydrogen (secondary N) is 2. The third-order valence-electron chi connectivity index (χ3n) is 4.91. The smallest absolute Gasteiger partial charge is 0.282 e. The van der Waals surface area contributed by atoms with Crippen molar-refractivity contribution in [3.63, 3.8) is 0 Å². The molecule has 1 amide bonds. The molecular weight excluding hydrogens is 388 g/mol. The van der Waals surface area contributed by atoms with Crippen LogP contribution in [0.5, 0.6) is 0 Å². The number of nitrogens with zero attached hydrogens (tertiary/aromatic N) is 1. The van der Waals surface area contributed by atoms with E-state index in [0.29, 0.717) is 18.8 Å². The van der Waals surface area contributed by atoms with Gasteiger partial charge in [0, 0.05) is 5.69 Å². The number of rotatable bonds is 5. The number of quaternary nitrogens is 1. The second-order valence-electron chi connectivity index (χ2n) is 6.74. The highest BCUT2D eigenvalue weighted by Gasteiger charge is 2.34. The average molecular weight is 410 g/mol. The summed E-state index contributed by atoms with van der Waals surface area (Å²) in [6.45, 7) is 3.18. The Bertz CT molecular complexity index is 943. The molecule has 0 unspecified atom stereocenters. The van der Waals surface area contributed by atoms with Crippen LogP contribution in [0.3, 0.4) is 0 Å². The van der Waals surface area contributed by atoms with Crippen LogP contribution in [-0.2, 0) is 14.8 Å². The number of carbonyl (C=O) groups is 1. The number of anilines is 1. The first-order valence-electron chi connectivity index (χ1n) is 8.94. The lowest BCUT2D eigenvalue weighted by atomic mass is 10.2. The molecule has 2 N–H and O–H groups in total. The molecular formula is C19H22F2N3O3S+. The van der Waals surface area contributed by atoms with Gasteiger partial charge in [0.2, 0.25) is 10.0 Å². The number of halogens is 2. The van der Waals surface area contributed by atoms with Gasteiger partial charge >= 0.3 is 0 Å². The fourth-order valence-electron chi connectivity index (χ4n) is 3.20. The Labute approximate surface area is 162 Å². The minimum Gasteiger partial charge on any atom is -0.323 e. The van der Waals surface area contributed by atoms with Gasteiger partial charge in [-0.2, -0.15) is 4.31 Å². The van der Waals surface area contributed by atoms with E-state index in [-0.39, 0.29) is 23.9 Å². The maximum Gasteiger partial charge on any atom is 0.282 e. The molecule has 0 aliphatic carbocycles. The molecule has 1 heterocycles. The second-order valence-corrected chi connectivity index (χ2v) is 8.68. The van der Waals surface area contributed by atoms with Crippen LogP contribution in [0.15, 0.2) is 53.4 Å². The topological polar surface area (TPSA) is 70.9 Å². The minimum absolute atomic E-state index is 0.0502. The van der Waals surface area contributed by atoms with Crippen molar-refractivity contribution in [1.29, 1.82) is 0 Å². The van der Waals surface area contributed by atoms with Gasteiger partial charge in [0.25, 0.3) is 5.91 Å². The summed E-state index contributed by atoms with van der Waals surface area (Å²) in [5, 5.41) is 2.69. The Balaban J connectivity index is 1.59. The highest BCUT2D eigenvalue weighted by Crippen LogP contribution is 2.16. The van der Waals surface area contributed by atoms with Crippen LogP contribution in [0.2, 0.25) is 0 Å². The molecule has 150 valence electrons. The molecule has 2 aromatic carbocycles. The molecule has 6 nitrogen and oxygen atoms in total. The van der Waals surface area contributed by atoms with E-state index in [1.54, 1.807) is 13.0 Å². The molecule has 3 rings (SSSR count). The number of sulfonamides is 1. The first kappa shape index (κ1) is 20.4. The summed E-state index contributed by atoms with van der Waals surface area (Å²) in [6, 6.07) is 9.98. The van der Waals surface area contributed by atoms with Crippen LogP contribution in [0.1, 0.15) is 6.92 Å². The lowest BCUT2D eigenvalue weighted by Gasteiger charge is -2.34. The van der Waals surface area contributed by atoms with Gasteiger partial charge in [0.15, 0.2) is 6.04 Å². The SMILES string of the molecule is C[C@@H](C(=O)Nc1cccc(F)c1)[NH+]1CCN(S(=O)(=O)c2ccc(F)cc2)CC1. The summed E-state index contributed by atoms with van der Waals surface area (Å²) in [5.74, 6) is -1.18. The Morgan fingerprint density at radius 3 is 2.32 bits per heavy atom. The molecule has 1 aliphatic heterocycles. The van der Waals surface area contributed by atoms with Crippen molar-refractivity contribution in [2.75, 3.05) is 31.5 Å². The molecule has 9 heteroatoms. The van der Waals surface area contributed by atoms with Crippen LogP contribution in [0.25, 0.3) is 0 Å². The normalized spacial score (nSPS) is 17.2. The number of amides is 1. The predicted octanol–water partition coefficient (Wildman–Crippen LogP) is 0.881. The molecule has 0 saturated carbocycles. The van der Waals surface area contributed by atoms with Crippen molar-refractivity contribution in [2.24, 2.45) is 0 Å². The van der Waals surface area contributed by atoms with Crippen molar-refractivity contribution in [3.05, 3.63) is 60.2 Å². The van der Waals surface area contributed by atoms with Crippen LogP contribution in [0, 0.1) is 11.6 Å². The summed E-state index contributed by atoms with van der Waals surface area (Å²) in [6.07, 6.45) is 0. The molecule has 0 spiro atoms. The fraction of sp³-hybridized carbons (Fsp3) is 0.316. The van der Waals surface area contributed by atoms with E-state index < -0.39 is 27.7 Å². The molecule has 1 aliphatic rings. The lowest BCUT2D eigenvalue weighted by Crippen LogP contribution is -3.19. The van der Waals surface area contributed by atoms with E-state index in [0.717, 1.165) is 17.0 Å². The van der Waals surface area contributed by atoms with Crippen molar-refractivity contribution < 1.29 is 26.9 Å². The lowest BCUT2D eigenvalue weighted by molar-refractivity contribution is -0.917. The molecule has 0 aromatic heterocycles. The van der Waals surface area contributed by atoms with Crippen LogP contribution < -0.4 is 10.2 Å². The van der Waals surface area contributed by atoms with E-state index in [1.807, 2.05) is 0 Å². The highest BCUT2D eigenvalue weighted by molar-refractivity contribution is 7.89. The zero-order chi connectivity index (χ0) is 20.3. The quantitative estimate of drug-likeness (QED) is 0.769. The summed E-state index contributed by atoms with van der Waals surface area (Å²) >= 11 is 0. The van der Waals surface area contributed by atoms with E-state index in [2.05, 4.69) is 5.32 Å². The summed E-state index contributed by atoms with van der Waals surface area (Å²) in [4.78, 5) is 13.4. The molecule has 0 bridgehead atoms. The Morgan fingerprint density at radius 1 is 1.07 bits per heavy atom. The van der Waals surface area contributed by atoms with Gasteiger partial charge in [0.05, 0.1) is 31.1 Å². The van der Waals surface area contributed by atoms with Gasteiger partial charge < -0.3 is 10.2 Å². The third-order valence-corrected chi connectivity index (χ3v) is 6.83. The van der Waals surface area contributed by atoms with Gasteiger partial charge in [0.1, 0.15) is 11.6 Å². The molecule has 0 radical (unpaired) electrons. The first-order chi connectivity index (χ1) is 13.3. The molecule has 1 fully saturated rings. The van der Waals surface area contributed by atoms with Gasteiger partial charge in [-0.25, -0.2) is 17.2 Å². The Hall–Kier alpha value is -2.36. The predicted molar refractivity (Wildman–Crippen MR) is 100 cm³/mol. The molecule has 1 saturated heterocycles. The zero-order valence-corrected chi connectivity index (χ0v) is 16.2. The molecule has 2 aromatic rings. The second kappa shape index (κ2) is 8.34. The van der Waals surface area contributed by atoms with E-state index >= 15 is 0 Å². The first-order valence-corrected chi connectivity index (χ1v) is 10.4. The highest BCUT2D eigenvalue weighted by atomic mass is 32.2. The van der Waals surface area contributed by atoms with Crippen molar-refractivity contribution in [2.45, 2.75) is 17.9 Å². The summed E-state index contributed by atoms with van der Waals surface area (Å²) in [5.41, 5.74) is 0.383. The number of hydrogen-bond acceptors (Lipinski definition) is 3. The number of piperazine rings is 1. The number of benzene rings is 2. The molecule has 28 heavy (non-hydrogen) atoms. The summed E-state index contributed by atoms with van der Waals surface area (Å²) < 4.78 is 53.0. The van der Waals surface area contributed by atoms with E-state index in [4.69, 9.17) is 0 Å². The Kier molecular flexibility index (Phi) is 6.07. The maximum atomic E-state index is 13.3. The van der Waals surface area contributed by atoms with Crippen LogP contribution in [0.4, 0.5) is 14.5 Å². The Morgan fingerprint density at radius 2 is 1.71 bits per heavy atom. The summed E-state index contributed by atoms with van der Waals surface area (Å²) in [7, 11) is -3.69. The van der Waals surface area contributed by atoms with Crippen molar-refractivity contribution in [3.8, 4) is 0 Å². The van der Waals surface area contributed by atoms with Crippen molar-refractivity contribution >= 4 is 21.6 Å².